The van der Waals surface area contributed by atoms with Crippen molar-refractivity contribution in [3.63, 3.8) is 0 Å². The van der Waals surface area contributed by atoms with Crippen molar-refractivity contribution in [1.82, 2.24) is 0 Å². The van der Waals surface area contributed by atoms with E-state index in [-0.39, 0.29) is 19.8 Å². The molecule has 6 nitrogen and oxygen atoms in total. The van der Waals surface area contributed by atoms with Crippen molar-refractivity contribution in [1.29, 1.82) is 0 Å². The third-order valence-corrected chi connectivity index (χ3v) is 2.47. The van der Waals surface area contributed by atoms with Gasteiger partial charge < -0.3 is 25.5 Å². The molecule has 0 atom stereocenters. The summed E-state index contributed by atoms with van der Waals surface area (Å²) >= 11 is 0. The number of carboxylic acids is 1. The molecule has 0 unspecified atom stereocenters. The number of aliphatic hydroxyl groups excluding tert-OH is 4. The van der Waals surface area contributed by atoms with Crippen LogP contribution in [0.2, 0.25) is 0 Å². The first kappa shape index (κ1) is 20.8. The number of hydrogen-bond donors (Lipinski definition) is 5. The third kappa shape index (κ3) is 11.0. The third-order valence-electron chi connectivity index (χ3n) is 2.47. The van der Waals surface area contributed by atoms with E-state index in [1.165, 1.54) is 0 Å². The summed E-state index contributed by atoms with van der Waals surface area (Å²) < 4.78 is 0. The highest BCUT2D eigenvalue weighted by Gasteiger charge is 1.96. The van der Waals surface area contributed by atoms with Crippen molar-refractivity contribution in [3.8, 4) is 0 Å². The van der Waals surface area contributed by atoms with Crippen LogP contribution >= 0.6 is 0 Å². The van der Waals surface area contributed by atoms with Gasteiger partial charge in [0.25, 0.3) is 0 Å². The van der Waals surface area contributed by atoms with Crippen LogP contribution in [0.3, 0.4) is 0 Å². The zero-order valence-electron chi connectivity index (χ0n) is 12.6. The van der Waals surface area contributed by atoms with E-state index in [1.807, 2.05) is 30.3 Å². The number of carbonyl (C=O) groups is 1. The molecule has 0 radical (unpaired) electrons. The molecule has 6 heteroatoms. The first-order chi connectivity index (χ1) is 11.0. The minimum atomic E-state index is -0.954. The van der Waals surface area contributed by atoms with Crippen molar-refractivity contribution in [3.05, 3.63) is 71.8 Å². The molecule has 0 spiro atoms. The molecule has 0 saturated heterocycles. The molecule has 0 aliphatic rings. The molecule has 126 valence electrons. The van der Waals surface area contributed by atoms with Crippen LogP contribution in [-0.2, 0) is 6.61 Å². The van der Waals surface area contributed by atoms with Crippen LogP contribution in [0, 0.1) is 0 Å². The lowest BCUT2D eigenvalue weighted by atomic mass is 10.2. The Hall–Kier alpha value is -2.25. The van der Waals surface area contributed by atoms with Gasteiger partial charge in [0.2, 0.25) is 0 Å². The van der Waals surface area contributed by atoms with Crippen molar-refractivity contribution < 1.29 is 30.3 Å². The molecule has 2 aromatic carbocycles. The van der Waals surface area contributed by atoms with E-state index >= 15 is 0 Å². The van der Waals surface area contributed by atoms with Crippen LogP contribution in [0.5, 0.6) is 0 Å². The SMILES string of the molecule is O=C(O)c1ccccc1.OCC(O)CO.OCc1ccccc1. The predicted octanol–water partition coefficient (Wildman–Crippen LogP) is 0.896. The Labute approximate surface area is 134 Å². The van der Waals surface area contributed by atoms with Crippen molar-refractivity contribution in [2.24, 2.45) is 0 Å². The zero-order chi connectivity index (χ0) is 17.5. The second kappa shape index (κ2) is 13.4. The molecule has 0 saturated carbocycles. The largest absolute Gasteiger partial charge is 0.478 e. The first-order valence-corrected chi connectivity index (χ1v) is 6.88. The Morgan fingerprint density at radius 2 is 1.26 bits per heavy atom. The second-order valence-corrected chi connectivity index (χ2v) is 4.33. The Kier molecular flexibility index (Phi) is 12.1. The van der Waals surface area contributed by atoms with Gasteiger partial charge in [-0.1, -0.05) is 48.5 Å². The van der Waals surface area contributed by atoms with Gasteiger partial charge >= 0.3 is 5.97 Å². The minimum absolute atomic E-state index is 0.140. The van der Waals surface area contributed by atoms with Crippen molar-refractivity contribution in [2.45, 2.75) is 12.7 Å². The highest BCUT2D eigenvalue weighted by atomic mass is 16.4. The van der Waals surface area contributed by atoms with Crippen LogP contribution in [0.1, 0.15) is 15.9 Å². The van der Waals surface area contributed by atoms with Gasteiger partial charge in [-0.15, -0.1) is 0 Å². The number of aliphatic hydroxyl groups is 4. The molecule has 0 heterocycles. The summed E-state index contributed by atoms with van der Waals surface area (Å²) in [5, 5.41) is 40.9. The average molecular weight is 322 g/mol. The van der Waals surface area contributed by atoms with E-state index in [9.17, 15) is 4.79 Å². The van der Waals surface area contributed by atoms with Crippen LogP contribution in [0.15, 0.2) is 60.7 Å². The first-order valence-electron chi connectivity index (χ1n) is 6.88. The van der Waals surface area contributed by atoms with Gasteiger partial charge in [0.05, 0.1) is 25.4 Å². The normalized spacial score (nSPS) is 9.26. The molecule has 23 heavy (non-hydrogen) atoms. The molecular weight excluding hydrogens is 300 g/mol. The lowest BCUT2D eigenvalue weighted by Gasteiger charge is -1.96. The monoisotopic (exact) mass is 322 g/mol. The lowest BCUT2D eigenvalue weighted by Crippen LogP contribution is -2.15. The van der Waals surface area contributed by atoms with Crippen LogP contribution in [0.25, 0.3) is 0 Å². The number of rotatable bonds is 4. The van der Waals surface area contributed by atoms with E-state index in [0.717, 1.165) is 5.56 Å². The molecule has 0 bridgehead atoms. The van der Waals surface area contributed by atoms with Crippen molar-refractivity contribution >= 4 is 5.97 Å². The maximum atomic E-state index is 10.2. The fraction of sp³-hybridized carbons (Fsp3) is 0.235. The summed E-state index contributed by atoms with van der Waals surface area (Å²) in [6.45, 7) is -0.589. The van der Waals surface area contributed by atoms with Gasteiger partial charge in [-0.3, -0.25) is 0 Å². The van der Waals surface area contributed by atoms with E-state index in [1.54, 1.807) is 30.3 Å². The smallest absolute Gasteiger partial charge is 0.335 e. The van der Waals surface area contributed by atoms with Gasteiger partial charge in [0.15, 0.2) is 0 Å². The topological polar surface area (TPSA) is 118 Å². The molecule has 0 aliphatic heterocycles. The molecule has 2 rings (SSSR count). The summed E-state index contributed by atoms with van der Waals surface area (Å²) in [5.74, 6) is -0.879. The molecule has 0 fully saturated rings. The van der Waals surface area contributed by atoms with E-state index < -0.39 is 12.1 Å². The molecule has 0 amide bonds. The molecule has 0 aromatic heterocycles. The number of carboxylic acid groups (broad SMARTS) is 1. The summed E-state index contributed by atoms with van der Waals surface area (Å²) in [6.07, 6.45) is -0.954. The van der Waals surface area contributed by atoms with Crippen LogP contribution in [0.4, 0.5) is 0 Å². The van der Waals surface area contributed by atoms with Gasteiger partial charge in [-0.25, -0.2) is 4.79 Å². The molecular formula is C17H22O6. The summed E-state index contributed by atoms with van der Waals surface area (Å²) in [6, 6.07) is 17.8. The zero-order valence-corrected chi connectivity index (χ0v) is 12.6. The van der Waals surface area contributed by atoms with Crippen LogP contribution < -0.4 is 0 Å². The maximum absolute atomic E-state index is 10.2. The number of hydrogen-bond acceptors (Lipinski definition) is 5. The van der Waals surface area contributed by atoms with Gasteiger partial charge in [-0.2, -0.15) is 0 Å². The molecule has 5 N–H and O–H groups in total. The van der Waals surface area contributed by atoms with E-state index in [4.69, 9.17) is 25.5 Å². The number of benzene rings is 2. The Bertz CT molecular complexity index is 511. The number of aromatic carboxylic acids is 1. The van der Waals surface area contributed by atoms with Crippen molar-refractivity contribution in [2.75, 3.05) is 13.2 Å². The Balaban J connectivity index is 0.000000323. The summed E-state index contributed by atoms with van der Waals surface area (Å²) in [7, 11) is 0. The fourth-order valence-corrected chi connectivity index (χ4v) is 1.22. The minimum Gasteiger partial charge on any atom is -0.478 e. The fourth-order valence-electron chi connectivity index (χ4n) is 1.22. The maximum Gasteiger partial charge on any atom is 0.335 e. The van der Waals surface area contributed by atoms with Gasteiger partial charge in [-0.05, 0) is 17.7 Å². The Morgan fingerprint density at radius 3 is 1.48 bits per heavy atom. The standard InChI is InChI=1S/C7H6O2.C7H8O.C3H8O3/c8-7(9)6-4-2-1-3-5-6;8-6-7-4-2-1-3-5-7;4-1-3(6)2-5/h1-5H,(H,8,9);1-5,8H,6H2;3-6H,1-2H2. The lowest BCUT2D eigenvalue weighted by molar-refractivity contribution is 0.0450. The highest BCUT2D eigenvalue weighted by molar-refractivity contribution is 5.87. The quantitative estimate of drug-likeness (QED) is 0.571. The molecule has 2 aromatic rings. The van der Waals surface area contributed by atoms with Gasteiger partial charge in [0.1, 0.15) is 6.10 Å². The van der Waals surface area contributed by atoms with E-state index in [0.29, 0.717) is 5.56 Å². The molecule has 0 aliphatic carbocycles. The van der Waals surface area contributed by atoms with Crippen LogP contribution in [-0.4, -0.2) is 50.8 Å². The highest BCUT2D eigenvalue weighted by Crippen LogP contribution is 1.96. The van der Waals surface area contributed by atoms with Gasteiger partial charge in [0, 0.05) is 0 Å². The van der Waals surface area contributed by atoms with E-state index in [2.05, 4.69) is 0 Å². The average Bonchev–Trinajstić information content (AvgIpc) is 2.63. The summed E-state index contributed by atoms with van der Waals surface area (Å²) in [4.78, 5) is 10.2. The second-order valence-electron chi connectivity index (χ2n) is 4.33. The summed E-state index contributed by atoms with van der Waals surface area (Å²) in [5.41, 5.74) is 1.30. The predicted molar refractivity (Wildman–Crippen MR) is 85.9 cm³/mol. The Morgan fingerprint density at radius 1 is 0.826 bits per heavy atom.